The molecule has 0 radical (unpaired) electrons. The van der Waals surface area contributed by atoms with Crippen LogP contribution in [0.4, 0.5) is 0 Å². The fraction of sp³-hybridized carbons (Fsp3) is 0.348. The first kappa shape index (κ1) is 20.5. The van der Waals surface area contributed by atoms with Gasteiger partial charge in [0.2, 0.25) is 0 Å². The minimum Gasteiger partial charge on any atom is -0.488 e. The molecule has 156 valence electrons. The van der Waals surface area contributed by atoms with E-state index in [0.29, 0.717) is 43.1 Å². The van der Waals surface area contributed by atoms with Crippen molar-refractivity contribution in [3.63, 3.8) is 0 Å². The molecule has 1 aromatic carbocycles. The standard InChI is InChI=1S/C23H25N3O3S/c1-17-20(16-29-19-8-3-2-4-9-19)30-22(25-17)23(28)10-6-13-26(14-11-23)21(27)18-7-5-12-24-15-18/h2-5,7-9,12,15,28H,6,10-11,13-14,16H2,1H3. The van der Waals surface area contributed by atoms with Crippen LogP contribution < -0.4 is 4.74 Å². The highest BCUT2D eigenvalue weighted by atomic mass is 32.1. The van der Waals surface area contributed by atoms with Crippen molar-refractivity contribution in [2.24, 2.45) is 0 Å². The fourth-order valence-electron chi connectivity index (χ4n) is 3.63. The van der Waals surface area contributed by atoms with Gasteiger partial charge in [-0.05, 0) is 44.0 Å². The molecule has 3 heterocycles. The van der Waals surface area contributed by atoms with E-state index in [0.717, 1.165) is 22.7 Å². The summed E-state index contributed by atoms with van der Waals surface area (Å²) in [5.74, 6) is 0.768. The molecule has 4 rings (SSSR count). The number of hydrogen-bond donors (Lipinski definition) is 1. The number of rotatable bonds is 5. The zero-order valence-corrected chi connectivity index (χ0v) is 17.8. The number of carbonyl (C=O) groups excluding carboxylic acids is 1. The molecule has 6 nitrogen and oxygen atoms in total. The van der Waals surface area contributed by atoms with Crippen molar-refractivity contribution >= 4 is 17.2 Å². The highest BCUT2D eigenvalue weighted by Gasteiger charge is 2.36. The molecule has 0 aliphatic carbocycles. The number of likely N-dealkylation sites (tertiary alicyclic amines) is 1. The van der Waals surface area contributed by atoms with Crippen LogP contribution in [0.5, 0.6) is 5.75 Å². The molecular formula is C23H25N3O3S. The summed E-state index contributed by atoms with van der Waals surface area (Å²) in [6, 6.07) is 13.2. The summed E-state index contributed by atoms with van der Waals surface area (Å²) in [5.41, 5.74) is 0.435. The van der Waals surface area contributed by atoms with E-state index < -0.39 is 5.60 Å². The summed E-state index contributed by atoms with van der Waals surface area (Å²) in [6.07, 6.45) is 5.00. The maximum atomic E-state index is 12.8. The van der Waals surface area contributed by atoms with Crippen molar-refractivity contribution in [3.05, 3.63) is 76.0 Å². The van der Waals surface area contributed by atoms with E-state index in [2.05, 4.69) is 9.97 Å². The van der Waals surface area contributed by atoms with Gasteiger partial charge in [-0.1, -0.05) is 18.2 Å². The maximum Gasteiger partial charge on any atom is 0.255 e. The number of thiazole rings is 1. The average molecular weight is 424 g/mol. The van der Waals surface area contributed by atoms with Crippen molar-refractivity contribution < 1.29 is 14.6 Å². The molecule has 1 atom stereocenters. The average Bonchev–Trinajstić information content (AvgIpc) is 3.04. The summed E-state index contributed by atoms with van der Waals surface area (Å²) in [4.78, 5) is 24.3. The van der Waals surface area contributed by atoms with Crippen LogP contribution in [0, 0.1) is 6.92 Å². The summed E-state index contributed by atoms with van der Waals surface area (Å²) >= 11 is 1.50. The predicted octanol–water partition coefficient (Wildman–Crippen LogP) is 3.94. The molecular weight excluding hydrogens is 398 g/mol. The van der Waals surface area contributed by atoms with Gasteiger partial charge in [0, 0.05) is 31.9 Å². The van der Waals surface area contributed by atoms with Crippen molar-refractivity contribution in [1.29, 1.82) is 0 Å². The number of pyridine rings is 1. The van der Waals surface area contributed by atoms with Gasteiger partial charge in [0.05, 0.1) is 16.1 Å². The molecule has 1 unspecified atom stereocenters. The minimum atomic E-state index is -1.02. The molecule has 0 saturated carbocycles. The lowest BCUT2D eigenvalue weighted by molar-refractivity contribution is 0.0209. The van der Waals surface area contributed by atoms with Crippen LogP contribution in [0.2, 0.25) is 0 Å². The first-order chi connectivity index (χ1) is 14.5. The van der Waals surface area contributed by atoms with Crippen LogP contribution in [0.15, 0.2) is 54.9 Å². The number of amides is 1. The Morgan fingerprint density at radius 2 is 2.03 bits per heavy atom. The normalized spacial score (nSPS) is 19.3. The zero-order valence-electron chi connectivity index (χ0n) is 17.0. The molecule has 1 amide bonds. The Morgan fingerprint density at radius 3 is 2.80 bits per heavy atom. The summed E-state index contributed by atoms with van der Waals surface area (Å²) in [5, 5.41) is 12.1. The third kappa shape index (κ3) is 4.52. The molecule has 1 saturated heterocycles. The number of benzene rings is 1. The van der Waals surface area contributed by atoms with Crippen LogP contribution in [-0.4, -0.2) is 39.0 Å². The first-order valence-electron chi connectivity index (χ1n) is 10.1. The minimum absolute atomic E-state index is 0.0420. The van der Waals surface area contributed by atoms with Crippen molar-refractivity contribution in [1.82, 2.24) is 14.9 Å². The van der Waals surface area contributed by atoms with Gasteiger partial charge in [0.15, 0.2) is 0 Å². The first-order valence-corrected chi connectivity index (χ1v) is 10.9. The maximum absolute atomic E-state index is 12.8. The van der Waals surface area contributed by atoms with E-state index in [-0.39, 0.29) is 5.91 Å². The Labute approximate surface area is 180 Å². The second-order valence-corrected chi connectivity index (χ2v) is 8.63. The van der Waals surface area contributed by atoms with Gasteiger partial charge in [0.1, 0.15) is 23.0 Å². The van der Waals surface area contributed by atoms with Crippen molar-refractivity contribution in [2.75, 3.05) is 13.1 Å². The number of aryl methyl sites for hydroxylation is 1. The molecule has 0 spiro atoms. The van der Waals surface area contributed by atoms with E-state index in [4.69, 9.17) is 4.74 Å². The van der Waals surface area contributed by atoms with E-state index in [1.807, 2.05) is 37.3 Å². The highest BCUT2D eigenvalue weighted by Crippen LogP contribution is 2.37. The van der Waals surface area contributed by atoms with Gasteiger partial charge in [-0.3, -0.25) is 9.78 Å². The lowest BCUT2D eigenvalue weighted by Crippen LogP contribution is -2.33. The predicted molar refractivity (Wildman–Crippen MR) is 116 cm³/mol. The largest absolute Gasteiger partial charge is 0.488 e. The summed E-state index contributed by atoms with van der Waals surface area (Å²) in [6.45, 7) is 3.47. The molecule has 0 bridgehead atoms. The van der Waals surface area contributed by atoms with Crippen LogP contribution in [0.3, 0.4) is 0 Å². The lowest BCUT2D eigenvalue weighted by Gasteiger charge is -2.24. The smallest absolute Gasteiger partial charge is 0.255 e. The molecule has 2 aromatic heterocycles. The molecule has 7 heteroatoms. The van der Waals surface area contributed by atoms with Gasteiger partial charge in [-0.25, -0.2) is 4.98 Å². The number of hydrogen-bond acceptors (Lipinski definition) is 6. The van der Waals surface area contributed by atoms with Gasteiger partial charge >= 0.3 is 0 Å². The number of nitrogens with zero attached hydrogens (tertiary/aromatic N) is 3. The molecule has 1 aliphatic heterocycles. The van der Waals surface area contributed by atoms with Crippen molar-refractivity contribution in [3.8, 4) is 5.75 Å². The third-order valence-corrected chi connectivity index (χ3v) is 6.74. The highest BCUT2D eigenvalue weighted by molar-refractivity contribution is 7.11. The van der Waals surface area contributed by atoms with Gasteiger partial charge in [-0.15, -0.1) is 11.3 Å². The van der Waals surface area contributed by atoms with Crippen LogP contribution in [0.25, 0.3) is 0 Å². The number of carbonyl (C=O) groups is 1. The molecule has 1 aliphatic rings. The van der Waals surface area contributed by atoms with Gasteiger partial charge in [0.25, 0.3) is 5.91 Å². The monoisotopic (exact) mass is 423 g/mol. The number of aliphatic hydroxyl groups is 1. The van der Waals surface area contributed by atoms with Crippen molar-refractivity contribution in [2.45, 2.75) is 38.4 Å². The van der Waals surface area contributed by atoms with Crippen LogP contribution in [0.1, 0.15) is 45.2 Å². The SMILES string of the molecule is Cc1nc(C2(O)CCCN(C(=O)c3cccnc3)CC2)sc1COc1ccccc1. The second-order valence-electron chi connectivity index (χ2n) is 7.55. The van der Waals surface area contributed by atoms with Gasteiger partial charge < -0.3 is 14.7 Å². The second kappa shape index (κ2) is 8.93. The zero-order chi connectivity index (χ0) is 21.0. The van der Waals surface area contributed by atoms with E-state index >= 15 is 0 Å². The number of para-hydroxylation sites is 1. The van der Waals surface area contributed by atoms with Crippen LogP contribution >= 0.6 is 11.3 Å². The Bertz CT molecular complexity index is 993. The fourth-order valence-corrected chi connectivity index (χ4v) is 4.76. The van der Waals surface area contributed by atoms with E-state index in [1.54, 1.807) is 29.4 Å². The summed E-state index contributed by atoms with van der Waals surface area (Å²) < 4.78 is 5.86. The van der Waals surface area contributed by atoms with E-state index in [9.17, 15) is 9.90 Å². The molecule has 30 heavy (non-hydrogen) atoms. The van der Waals surface area contributed by atoms with Gasteiger partial charge in [-0.2, -0.15) is 0 Å². The quantitative estimate of drug-likeness (QED) is 0.673. The molecule has 3 aromatic rings. The Hall–Kier alpha value is -2.77. The number of aromatic nitrogens is 2. The van der Waals surface area contributed by atoms with Crippen LogP contribution in [-0.2, 0) is 12.2 Å². The topological polar surface area (TPSA) is 75.6 Å². The molecule has 1 fully saturated rings. The number of ether oxygens (including phenoxy) is 1. The molecule has 1 N–H and O–H groups in total. The van der Waals surface area contributed by atoms with E-state index in [1.165, 1.54) is 11.3 Å². The Kier molecular flexibility index (Phi) is 6.11. The lowest BCUT2D eigenvalue weighted by atomic mass is 9.96. The summed E-state index contributed by atoms with van der Waals surface area (Å²) in [7, 11) is 0. The Balaban J connectivity index is 1.44. The third-order valence-electron chi connectivity index (χ3n) is 5.41. The Morgan fingerprint density at radius 1 is 1.20 bits per heavy atom.